The summed E-state index contributed by atoms with van der Waals surface area (Å²) in [5, 5.41) is 0. The predicted molar refractivity (Wildman–Crippen MR) is 82.2 cm³/mol. The van der Waals surface area contributed by atoms with Gasteiger partial charge in [0.25, 0.3) is 5.91 Å². The number of sulfone groups is 1. The largest absolute Gasteiger partial charge is 0.334 e. The molecule has 0 aromatic carbocycles. The van der Waals surface area contributed by atoms with Crippen molar-refractivity contribution in [2.24, 2.45) is 0 Å². The molecule has 1 aromatic heterocycles. The van der Waals surface area contributed by atoms with Crippen LogP contribution in [0.3, 0.4) is 0 Å². The molecular formula is C14H21NO3S2. The molecule has 1 amide bonds. The zero-order valence-electron chi connectivity index (χ0n) is 12.2. The van der Waals surface area contributed by atoms with Crippen LogP contribution in [-0.4, -0.2) is 43.3 Å². The second-order valence-electron chi connectivity index (χ2n) is 5.41. The van der Waals surface area contributed by atoms with Crippen molar-refractivity contribution in [3.05, 3.63) is 21.4 Å². The number of hydrogen-bond acceptors (Lipinski definition) is 4. The molecule has 0 N–H and O–H groups in total. The quantitative estimate of drug-likeness (QED) is 0.857. The molecule has 112 valence electrons. The summed E-state index contributed by atoms with van der Waals surface area (Å²) in [5.74, 6) is 0.297. The monoisotopic (exact) mass is 315 g/mol. The van der Waals surface area contributed by atoms with E-state index in [4.69, 9.17) is 0 Å². The first-order valence-corrected chi connectivity index (χ1v) is 9.56. The van der Waals surface area contributed by atoms with Crippen molar-refractivity contribution in [2.45, 2.75) is 39.7 Å². The maximum absolute atomic E-state index is 12.6. The van der Waals surface area contributed by atoms with Gasteiger partial charge in [-0.1, -0.05) is 6.92 Å². The van der Waals surface area contributed by atoms with Crippen molar-refractivity contribution in [1.29, 1.82) is 0 Å². The highest BCUT2D eigenvalue weighted by Gasteiger charge is 2.35. The fourth-order valence-corrected chi connectivity index (χ4v) is 5.25. The van der Waals surface area contributed by atoms with Gasteiger partial charge in [0.15, 0.2) is 9.84 Å². The molecule has 0 spiro atoms. The molecule has 2 heterocycles. The lowest BCUT2D eigenvalue weighted by Gasteiger charge is -2.27. The van der Waals surface area contributed by atoms with Gasteiger partial charge in [0.05, 0.1) is 16.4 Å². The van der Waals surface area contributed by atoms with Crippen LogP contribution in [0.4, 0.5) is 0 Å². The molecule has 4 nitrogen and oxygen atoms in total. The molecule has 1 aliphatic heterocycles. The first-order chi connectivity index (χ1) is 9.34. The predicted octanol–water partition coefficient (Wildman–Crippen LogP) is 2.40. The SMILES string of the molecule is CCCN(C(=O)c1cc(C)c(C)s1)C1CCS(=O)(=O)C1. The van der Waals surface area contributed by atoms with Crippen molar-refractivity contribution in [3.8, 4) is 0 Å². The number of aryl methyl sites for hydroxylation is 2. The Hall–Kier alpha value is -0.880. The van der Waals surface area contributed by atoms with Crippen LogP contribution in [0.5, 0.6) is 0 Å². The highest BCUT2D eigenvalue weighted by atomic mass is 32.2. The summed E-state index contributed by atoms with van der Waals surface area (Å²) in [6.07, 6.45) is 1.41. The van der Waals surface area contributed by atoms with Gasteiger partial charge >= 0.3 is 0 Å². The summed E-state index contributed by atoms with van der Waals surface area (Å²) < 4.78 is 23.3. The number of hydrogen-bond donors (Lipinski definition) is 0. The third kappa shape index (κ3) is 3.23. The molecule has 1 atom stereocenters. The van der Waals surface area contributed by atoms with Gasteiger partial charge in [0, 0.05) is 17.5 Å². The minimum Gasteiger partial charge on any atom is -0.334 e. The van der Waals surface area contributed by atoms with Crippen LogP contribution in [0, 0.1) is 13.8 Å². The van der Waals surface area contributed by atoms with Crippen LogP contribution >= 0.6 is 11.3 Å². The van der Waals surface area contributed by atoms with Gasteiger partial charge in [-0.2, -0.15) is 0 Å². The molecule has 1 aliphatic rings. The first kappa shape index (κ1) is 15.5. The molecule has 1 fully saturated rings. The lowest BCUT2D eigenvalue weighted by Crippen LogP contribution is -2.41. The molecular weight excluding hydrogens is 294 g/mol. The zero-order chi connectivity index (χ0) is 14.9. The van der Waals surface area contributed by atoms with Crippen LogP contribution in [0.1, 0.15) is 39.9 Å². The number of carbonyl (C=O) groups is 1. The van der Waals surface area contributed by atoms with Gasteiger partial charge in [-0.05, 0) is 38.3 Å². The molecule has 0 saturated carbocycles. The minimum atomic E-state index is -2.97. The molecule has 0 radical (unpaired) electrons. The third-order valence-electron chi connectivity index (χ3n) is 3.75. The number of thiophene rings is 1. The second kappa shape index (κ2) is 5.85. The number of nitrogens with zero attached hydrogens (tertiary/aromatic N) is 1. The van der Waals surface area contributed by atoms with Gasteiger partial charge in [-0.3, -0.25) is 4.79 Å². The van der Waals surface area contributed by atoms with E-state index in [9.17, 15) is 13.2 Å². The Morgan fingerprint density at radius 2 is 2.15 bits per heavy atom. The Bertz CT molecular complexity index is 584. The van der Waals surface area contributed by atoms with Crippen molar-refractivity contribution in [1.82, 2.24) is 4.90 Å². The van der Waals surface area contributed by atoms with Crippen LogP contribution in [0.2, 0.25) is 0 Å². The van der Waals surface area contributed by atoms with Crippen LogP contribution in [0.15, 0.2) is 6.07 Å². The number of amides is 1. The first-order valence-electron chi connectivity index (χ1n) is 6.92. The van der Waals surface area contributed by atoms with Gasteiger partial charge in [-0.25, -0.2) is 8.42 Å². The molecule has 0 aliphatic carbocycles. The lowest BCUT2D eigenvalue weighted by molar-refractivity contribution is 0.0702. The molecule has 0 bridgehead atoms. The summed E-state index contributed by atoms with van der Waals surface area (Å²) in [4.78, 5) is 16.3. The maximum Gasteiger partial charge on any atom is 0.264 e. The van der Waals surface area contributed by atoms with E-state index in [2.05, 4.69) is 0 Å². The normalized spacial score (nSPS) is 21.1. The molecule has 20 heavy (non-hydrogen) atoms. The van der Waals surface area contributed by atoms with Crippen molar-refractivity contribution < 1.29 is 13.2 Å². The Kier molecular flexibility index (Phi) is 4.54. The van der Waals surface area contributed by atoms with Crippen LogP contribution in [0.25, 0.3) is 0 Å². The average Bonchev–Trinajstić information content (AvgIpc) is 2.89. The average molecular weight is 315 g/mol. The van der Waals surface area contributed by atoms with E-state index < -0.39 is 9.84 Å². The summed E-state index contributed by atoms with van der Waals surface area (Å²) in [5.41, 5.74) is 1.12. The van der Waals surface area contributed by atoms with E-state index >= 15 is 0 Å². The van der Waals surface area contributed by atoms with Gasteiger partial charge in [-0.15, -0.1) is 11.3 Å². The van der Waals surface area contributed by atoms with Gasteiger partial charge < -0.3 is 4.90 Å². The van der Waals surface area contributed by atoms with Crippen molar-refractivity contribution >= 4 is 27.1 Å². The second-order valence-corrected chi connectivity index (χ2v) is 8.89. The highest BCUT2D eigenvalue weighted by molar-refractivity contribution is 7.91. The minimum absolute atomic E-state index is 0.0184. The van der Waals surface area contributed by atoms with Crippen LogP contribution in [-0.2, 0) is 9.84 Å². The number of carbonyl (C=O) groups excluding carboxylic acids is 1. The van der Waals surface area contributed by atoms with E-state index in [-0.39, 0.29) is 23.5 Å². The standard InChI is InChI=1S/C14H21NO3S2/c1-4-6-15(12-5-7-20(17,18)9-12)14(16)13-8-10(2)11(3)19-13/h8,12H,4-7,9H2,1-3H3. The smallest absolute Gasteiger partial charge is 0.264 e. The Morgan fingerprint density at radius 1 is 1.45 bits per heavy atom. The summed E-state index contributed by atoms with van der Waals surface area (Å²) in [7, 11) is -2.97. The Morgan fingerprint density at radius 3 is 2.60 bits per heavy atom. The Balaban J connectivity index is 2.22. The van der Waals surface area contributed by atoms with E-state index in [1.165, 1.54) is 11.3 Å². The fourth-order valence-electron chi connectivity index (χ4n) is 2.53. The van der Waals surface area contributed by atoms with E-state index in [0.717, 1.165) is 21.7 Å². The van der Waals surface area contributed by atoms with Crippen molar-refractivity contribution in [2.75, 3.05) is 18.1 Å². The fraction of sp³-hybridized carbons (Fsp3) is 0.643. The summed E-state index contributed by atoms with van der Waals surface area (Å²) in [6.45, 7) is 6.62. The highest BCUT2D eigenvalue weighted by Crippen LogP contribution is 2.25. The summed E-state index contributed by atoms with van der Waals surface area (Å²) in [6, 6.07) is 1.75. The zero-order valence-corrected chi connectivity index (χ0v) is 13.8. The molecule has 1 saturated heterocycles. The third-order valence-corrected chi connectivity index (χ3v) is 6.64. The Labute approximate surface area is 124 Å². The summed E-state index contributed by atoms with van der Waals surface area (Å²) >= 11 is 1.49. The lowest BCUT2D eigenvalue weighted by atomic mass is 10.2. The van der Waals surface area contributed by atoms with E-state index in [1.54, 1.807) is 4.90 Å². The molecule has 6 heteroatoms. The van der Waals surface area contributed by atoms with Gasteiger partial charge in [0.1, 0.15) is 0 Å². The van der Waals surface area contributed by atoms with Crippen LogP contribution < -0.4 is 0 Å². The molecule has 1 unspecified atom stereocenters. The van der Waals surface area contributed by atoms with E-state index in [0.29, 0.717) is 13.0 Å². The molecule has 1 aromatic rings. The van der Waals surface area contributed by atoms with E-state index in [1.807, 2.05) is 26.8 Å². The van der Waals surface area contributed by atoms with Crippen molar-refractivity contribution in [3.63, 3.8) is 0 Å². The maximum atomic E-state index is 12.6. The topological polar surface area (TPSA) is 54.5 Å². The number of rotatable bonds is 4. The van der Waals surface area contributed by atoms with Gasteiger partial charge in [0.2, 0.25) is 0 Å². The molecule has 2 rings (SSSR count).